The van der Waals surface area contributed by atoms with Gasteiger partial charge in [0.1, 0.15) is 5.75 Å². The van der Waals surface area contributed by atoms with E-state index in [4.69, 9.17) is 4.74 Å². The van der Waals surface area contributed by atoms with Gasteiger partial charge >= 0.3 is 0 Å². The standard InChI is InChI=1S/C22H26N4O2S/c1-4-23-21(27)16(2)29-22-25-24-20(18-12-8-9-13-19(18)28-3)26(22)15-14-17-10-6-5-7-11-17/h5-13,16H,4,14-15H2,1-3H3,(H,23,27)/t16-/m1/s1. The van der Waals surface area contributed by atoms with Crippen molar-refractivity contribution < 1.29 is 9.53 Å². The Kier molecular flexibility index (Phi) is 7.30. The van der Waals surface area contributed by atoms with E-state index in [1.807, 2.05) is 56.3 Å². The van der Waals surface area contributed by atoms with Crippen molar-refractivity contribution >= 4 is 17.7 Å². The molecule has 152 valence electrons. The molecule has 1 N–H and O–H groups in total. The molecule has 1 aromatic heterocycles. The van der Waals surface area contributed by atoms with Crippen LogP contribution in [-0.4, -0.2) is 39.6 Å². The van der Waals surface area contributed by atoms with Crippen LogP contribution in [-0.2, 0) is 17.8 Å². The largest absolute Gasteiger partial charge is 0.496 e. The number of para-hydroxylation sites is 1. The van der Waals surface area contributed by atoms with E-state index in [-0.39, 0.29) is 11.2 Å². The molecule has 0 saturated carbocycles. The van der Waals surface area contributed by atoms with Gasteiger partial charge in [0.05, 0.1) is 17.9 Å². The van der Waals surface area contributed by atoms with Crippen LogP contribution in [0, 0.1) is 0 Å². The number of aromatic nitrogens is 3. The fraction of sp³-hybridized carbons (Fsp3) is 0.318. The molecule has 2 aromatic carbocycles. The zero-order valence-electron chi connectivity index (χ0n) is 17.0. The lowest BCUT2D eigenvalue weighted by Gasteiger charge is -2.14. The van der Waals surface area contributed by atoms with Crippen LogP contribution in [0.3, 0.4) is 0 Å². The molecular weight excluding hydrogens is 384 g/mol. The van der Waals surface area contributed by atoms with Gasteiger partial charge in [0.15, 0.2) is 11.0 Å². The van der Waals surface area contributed by atoms with E-state index < -0.39 is 0 Å². The summed E-state index contributed by atoms with van der Waals surface area (Å²) in [7, 11) is 1.65. The van der Waals surface area contributed by atoms with E-state index in [1.165, 1.54) is 17.3 Å². The number of benzene rings is 2. The van der Waals surface area contributed by atoms with Crippen molar-refractivity contribution in [3.63, 3.8) is 0 Å². The summed E-state index contributed by atoms with van der Waals surface area (Å²) in [6.45, 7) is 5.11. The minimum Gasteiger partial charge on any atom is -0.496 e. The Balaban J connectivity index is 1.93. The van der Waals surface area contributed by atoms with Crippen molar-refractivity contribution in [2.45, 2.75) is 37.2 Å². The monoisotopic (exact) mass is 410 g/mol. The molecule has 0 bridgehead atoms. The quantitative estimate of drug-likeness (QED) is 0.543. The Morgan fingerprint density at radius 3 is 2.59 bits per heavy atom. The highest BCUT2D eigenvalue weighted by molar-refractivity contribution is 8.00. The summed E-state index contributed by atoms with van der Waals surface area (Å²) in [6.07, 6.45) is 0.837. The summed E-state index contributed by atoms with van der Waals surface area (Å²) in [6, 6.07) is 18.1. The molecule has 1 atom stereocenters. The molecule has 1 heterocycles. The first-order valence-electron chi connectivity index (χ1n) is 9.69. The number of aryl methyl sites for hydroxylation is 1. The van der Waals surface area contributed by atoms with Gasteiger partial charge in [-0.1, -0.05) is 54.2 Å². The van der Waals surface area contributed by atoms with E-state index in [9.17, 15) is 4.79 Å². The van der Waals surface area contributed by atoms with Crippen LogP contribution in [0.2, 0.25) is 0 Å². The Bertz CT molecular complexity index is 943. The second-order valence-corrected chi connectivity index (χ2v) is 7.86. The van der Waals surface area contributed by atoms with Gasteiger partial charge in [-0.15, -0.1) is 10.2 Å². The molecule has 0 saturated heterocycles. The lowest BCUT2D eigenvalue weighted by Crippen LogP contribution is -2.30. The average Bonchev–Trinajstić information content (AvgIpc) is 3.15. The van der Waals surface area contributed by atoms with Crippen LogP contribution in [0.25, 0.3) is 11.4 Å². The summed E-state index contributed by atoms with van der Waals surface area (Å²) >= 11 is 1.42. The molecule has 0 fully saturated rings. The number of rotatable bonds is 9. The molecule has 29 heavy (non-hydrogen) atoms. The smallest absolute Gasteiger partial charge is 0.233 e. The highest BCUT2D eigenvalue weighted by atomic mass is 32.2. The number of carbonyl (C=O) groups excluding carboxylic acids is 1. The fourth-order valence-electron chi connectivity index (χ4n) is 3.02. The van der Waals surface area contributed by atoms with Crippen LogP contribution < -0.4 is 10.1 Å². The number of thioether (sulfide) groups is 1. The minimum absolute atomic E-state index is 0.00560. The maximum Gasteiger partial charge on any atom is 0.233 e. The Labute approximate surface area is 175 Å². The van der Waals surface area contributed by atoms with Gasteiger partial charge in [-0.25, -0.2) is 0 Å². The number of nitrogens with zero attached hydrogens (tertiary/aromatic N) is 3. The van der Waals surface area contributed by atoms with Crippen LogP contribution in [0.1, 0.15) is 19.4 Å². The number of amides is 1. The van der Waals surface area contributed by atoms with Gasteiger partial charge in [-0.2, -0.15) is 0 Å². The maximum atomic E-state index is 12.2. The number of hydrogen-bond acceptors (Lipinski definition) is 5. The van der Waals surface area contributed by atoms with Gasteiger partial charge < -0.3 is 14.6 Å². The van der Waals surface area contributed by atoms with Gasteiger partial charge in [-0.3, -0.25) is 4.79 Å². The second kappa shape index (κ2) is 10.1. The number of hydrogen-bond donors (Lipinski definition) is 1. The highest BCUT2D eigenvalue weighted by Gasteiger charge is 2.21. The van der Waals surface area contributed by atoms with E-state index in [0.717, 1.165) is 28.7 Å². The average molecular weight is 411 g/mol. The third kappa shape index (κ3) is 5.17. The first kappa shape index (κ1) is 20.9. The first-order valence-corrected chi connectivity index (χ1v) is 10.6. The van der Waals surface area contributed by atoms with Crippen molar-refractivity contribution in [3.05, 3.63) is 60.2 Å². The van der Waals surface area contributed by atoms with Crippen LogP contribution in [0.15, 0.2) is 59.8 Å². The van der Waals surface area contributed by atoms with Crippen LogP contribution in [0.4, 0.5) is 0 Å². The molecule has 6 nitrogen and oxygen atoms in total. The third-order valence-electron chi connectivity index (χ3n) is 4.53. The summed E-state index contributed by atoms with van der Waals surface area (Å²) in [5.74, 6) is 1.48. The van der Waals surface area contributed by atoms with Crippen molar-refractivity contribution in [2.75, 3.05) is 13.7 Å². The fourth-order valence-corrected chi connectivity index (χ4v) is 3.92. The van der Waals surface area contributed by atoms with E-state index in [1.54, 1.807) is 7.11 Å². The summed E-state index contributed by atoms with van der Waals surface area (Å²) < 4.78 is 7.60. The third-order valence-corrected chi connectivity index (χ3v) is 5.61. The lowest BCUT2D eigenvalue weighted by atomic mass is 10.1. The molecule has 0 aliphatic heterocycles. The highest BCUT2D eigenvalue weighted by Crippen LogP contribution is 2.32. The van der Waals surface area contributed by atoms with E-state index in [2.05, 4.69) is 32.2 Å². The lowest BCUT2D eigenvalue weighted by molar-refractivity contribution is -0.120. The Morgan fingerprint density at radius 1 is 1.14 bits per heavy atom. The summed E-state index contributed by atoms with van der Waals surface area (Å²) in [4.78, 5) is 12.2. The summed E-state index contributed by atoms with van der Waals surface area (Å²) in [5, 5.41) is 12.2. The van der Waals surface area contributed by atoms with Crippen LogP contribution in [0.5, 0.6) is 5.75 Å². The molecule has 3 aromatic rings. The van der Waals surface area contributed by atoms with Crippen LogP contribution >= 0.6 is 11.8 Å². The van der Waals surface area contributed by atoms with E-state index >= 15 is 0 Å². The molecule has 0 radical (unpaired) electrons. The first-order chi connectivity index (χ1) is 14.1. The molecular formula is C22H26N4O2S. The zero-order chi connectivity index (χ0) is 20.6. The van der Waals surface area contributed by atoms with Crippen molar-refractivity contribution in [3.8, 4) is 17.1 Å². The van der Waals surface area contributed by atoms with Gasteiger partial charge in [0, 0.05) is 13.1 Å². The minimum atomic E-state index is -0.264. The van der Waals surface area contributed by atoms with E-state index in [0.29, 0.717) is 13.1 Å². The molecule has 0 aliphatic rings. The Hall–Kier alpha value is -2.80. The van der Waals surface area contributed by atoms with Crippen molar-refractivity contribution in [2.24, 2.45) is 0 Å². The Morgan fingerprint density at radius 2 is 1.86 bits per heavy atom. The second-order valence-electron chi connectivity index (χ2n) is 6.55. The topological polar surface area (TPSA) is 69.0 Å². The molecule has 0 aliphatic carbocycles. The molecule has 7 heteroatoms. The maximum absolute atomic E-state index is 12.2. The van der Waals surface area contributed by atoms with Gasteiger partial charge in [0.25, 0.3) is 0 Å². The number of methoxy groups -OCH3 is 1. The molecule has 0 spiro atoms. The van der Waals surface area contributed by atoms with Crippen molar-refractivity contribution in [1.82, 2.24) is 20.1 Å². The summed E-state index contributed by atoms with van der Waals surface area (Å²) in [5.41, 5.74) is 2.12. The van der Waals surface area contributed by atoms with Gasteiger partial charge in [0.2, 0.25) is 5.91 Å². The van der Waals surface area contributed by atoms with Crippen molar-refractivity contribution in [1.29, 1.82) is 0 Å². The molecule has 0 unspecified atom stereocenters. The zero-order valence-corrected chi connectivity index (χ0v) is 17.8. The normalized spacial score (nSPS) is 11.8. The predicted molar refractivity (Wildman–Crippen MR) is 116 cm³/mol. The SMILES string of the molecule is CCNC(=O)[C@@H](C)Sc1nnc(-c2ccccc2OC)n1CCc1ccccc1. The number of nitrogens with one attached hydrogen (secondary N) is 1. The predicted octanol–water partition coefficient (Wildman–Crippen LogP) is 3.81. The number of carbonyl (C=O) groups is 1. The number of ether oxygens (including phenoxy) is 1. The molecule has 1 amide bonds. The van der Waals surface area contributed by atoms with Gasteiger partial charge in [-0.05, 0) is 38.0 Å². The molecule has 3 rings (SSSR count).